The van der Waals surface area contributed by atoms with E-state index in [4.69, 9.17) is 10.3 Å². The summed E-state index contributed by atoms with van der Waals surface area (Å²) in [7, 11) is 0. The Morgan fingerprint density at radius 1 is 1.28 bits per heavy atom. The van der Waals surface area contributed by atoms with Gasteiger partial charge in [-0.05, 0) is 24.4 Å². The largest absolute Gasteiger partial charge is 0.368 e. The molecule has 0 radical (unpaired) electrons. The van der Waals surface area contributed by atoms with E-state index in [-0.39, 0.29) is 5.95 Å². The first-order valence-corrected chi connectivity index (χ1v) is 6.09. The number of anilines is 1. The Kier molecular flexibility index (Phi) is 2.52. The first kappa shape index (κ1) is 10.8. The molecule has 18 heavy (non-hydrogen) atoms. The average Bonchev–Trinajstić information content (AvgIpc) is 2.99. The van der Waals surface area contributed by atoms with Crippen molar-refractivity contribution < 1.29 is 4.52 Å². The van der Waals surface area contributed by atoms with Gasteiger partial charge < -0.3 is 10.3 Å². The summed E-state index contributed by atoms with van der Waals surface area (Å²) in [5.74, 6) is 1.09. The third-order valence-corrected chi connectivity index (χ3v) is 3.12. The van der Waals surface area contributed by atoms with Crippen molar-refractivity contribution in [3.63, 3.8) is 0 Å². The fraction of sp³-hybridized carbons (Fsp3) is 0.0909. The molecule has 3 rings (SSSR count). The number of aromatic nitrogens is 4. The van der Waals surface area contributed by atoms with Gasteiger partial charge in [0.05, 0.1) is 4.88 Å². The Morgan fingerprint density at radius 3 is 2.89 bits per heavy atom. The minimum atomic E-state index is 0.195. The lowest BCUT2D eigenvalue weighted by Crippen LogP contribution is -1.98. The quantitative estimate of drug-likeness (QED) is 0.758. The lowest BCUT2D eigenvalue weighted by atomic mass is 10.3. The maximum absolute atomic E-state index is 5.59. The van der Waals surface area contributed by atoms with Crippen molar-refractivity contribution in [1.29, 1.82) is 0 Å². The van der Waals surface area contributed by atoms with Gasteiger partial charge in [-0.1, -0.05) is 11.2 Å². The number of nitrogens with two attached hydrogens (primary N) is 1. The van der Waals surface area contributed by atoms with Crippen molar-refractivity contribution in [1.82, 2.24) is 20.1 Å². The van der Waals surface area contributed by atoms with E-state index >= 15 is 0 Å². The molecule has 3 aromatic heterocycles. The minimum absolute atomic E-state index is 0.195. The molecule has 0 aromatic carbocycles. The molecule has 0 aliphatic carbocycles. The van der Waals surface area contributed by atoms with E-state index in [2.05, 4.69) is 20.1 Å². The van der Waals surface area contributed by atoms with Gasteiger partial charge >= 0.3 is 0 Å². The molecular formula is C11H9N5OS. The highest BCUT2D eigenvalue weighted by Crippen LogP contribution is 2.24. The zero-order valence-corrected chi connectivity index (χ0v) is 10.3. The van der Waals surface area contributed by atoms with Crippen molar-refractivity contribution in [3.05, 3.63) is 29.3 Å². The van der Waals surface area contributed by atoms with E-state index in [9.17, 15) is 0 Å². The molecule has 3 aromatic rings. The average molecular weight is 259 g/mol. The van der Waals surface area contributed by atoms with Crippen molar-refractivity contribution in [2.24, 2.45) is 0 Å². The van der Waals surface area contributed by atoms with E-state index in [1.165, 1.54) is 0 Å². The fourth-order valence-corrected chi connectivity index (χ4v) is 2.18. The van der Waals surface area contributed by atoms with Crippen LogP contribution in [-0.2, 0) is 0 Å². The van der Waals surface area contributed by atoms with Gasteiger partial charge in [0, 0.05) is 5.69 Å². The van der Waals surface area contributed by atoms with Crippen LogP contribution in [0.25, 0.3) is 22.3 Å². The molecule has 0 amide bonds. The number of hydrogen-bond acceptors (Lipinski definition) is 7. The summed E-state index contributed by atoms with van der Waals surface area (Å²) in [4.78, 5) is 13.3. The molecule has 3 heterocycles. The summed E-state index contributed by atoms with van der Waals surface area (Å²) < 4.78 is 5.18. The van der Waals surface area contributed by atoms with Gasteiger partial charge in [-0.25, -0.2) is 9.97 Å². The Labute approximate surface area is 107 Å². The van der Waals surface area contributed by atoms with Gasteiger partial charge in [-0.3, -0.25) is 0 Å². The number of thiophene rings is 1. The number of rotatable bonds is 2. The molecule has 6 nitrogen and oxygen atoms in total. The topological polar surface area (TPSA) is 90.7 Å². The second-order valence-corrected chi connectivity index (χ2v) is 4.60. The van der Waals surface area contributed by atoms with Gasteiger partial charge in [0.15, 0.2) is 0 Å². The number of nitrogens with zero attached hydrogens (tertiary/aromatic N) is 4. The summed E-state index contributed by atoms with van der Waals surface area (Å²) in [5.41, 5.74) is 6.88. The van der Waals surface area contributed by atoms with Crippen LogP contribution in [0.5, 0.6) is 0 Å². The third-order valence-electron chi connectivity index (χ3n) is 2.26. The number of nitrogen functional groups attached to an aromatic ring is 1. The predicted molar refractivity (Wildman–Crippen MR) is 67.8 cm³/mol. The molecule has 0 saturated heterocycles. The monoisotopic (exact) mass is 259 g/mol. The van der Waals surface area contributed by atoms with Gasteiger partial charge in [0.1, 0.15) is 5.69 Å². The van der Waals surface area contributed by atoms with Gasteiger partial charge in [-0.15, -0.1) is 11.3 Å². The Balaban J connectivity index is 2.03. The molecular weight excluding hydrogens is 250 g/mol. The second-order valence-electron chi connectivity index (χ2n) is 3.65. The van der Waals surface area contributed by atoms with Gasteiger partial charge in [0.25, 0.3) is 5.89 Å². The molecule has 7 heteroatoms. The van der Waals surface area contributed by atoms with Crippen LogP contribution in [-0.4, -0.2) is 20.1 Å². The normalized spacial score (nSPS) is 10.7. The van der Waals surface area contributed by atoms with Crippen LogP contribution in [0.15, 0.2) is 28.1 Å². The zero-order valence-electron chi connectivity index (χ0n) is 9.49. The number of hydrogen-bond donors (Lipinski definition) is 1. The summed E-state index contributed by atoms with van der Waals surface area (Å²) >= 11 is 1.55. The summed E-state index contributed by atoms with van der Waals surface area (Å²) in [5, 5.41) is 5.87. The van der Waals surface area contributed by atoms with Gasteiger partial charge in [-0.2, -0.15) is 4.98 Å². The van der Waals surface area contributed by atoms with Crippen LogP contribution >= 0.6 is 11.3 Å². The molecule has 0 aliphatic rings. The summed E-state index contributed by atoms with van der Waals surface area (Å²) in [6, 6.07) is 5.61. The molecule has 0 fully saturated rings. The molecule has 0 saturated carbocycles. The number of aryl methyl sites for hydroxylation is 1. The van der Waals surface area contributed by atoms with Crippen LogP contribution in [0.1, 0.15) is 5.69 Å². The first-order valence-electron chi connectivity index (χ1n) is 5.21. The Bertz CT molecular complexity index is 656. The van der Waals surface area contributed by atoms with Crippen LogP contribution < -0.4 is 5.73 Å². The summed E-state index contributed by atoms with van der Waals surface area (Å²) in [6.07, 6.45) is 0. The van der Waals surface area contributed by atoms with Crippen LogP contribution in [0.4, 0.5) is 5.95 Å². The Hall–Kier alpha value is -2.28. The molecule has 0 unspecified atom stereocenters. The highest BCUT2D eigenvalue weighted by Gasteiger charge is 2.13. The standard InChI is InChI=1S/C11H9N5OS/c1-6-5-7(14-11(12)13-6)10-15-9(16-17-10)8-3-2-4-18-8/h2-5H,1H3,(H2,12,13,14). The van der Waals surface area contributed by atoms with Crippen LogP contribution in [0.3, 0.4) is 0 Å². The molecule has 0 aliphatic heterocycles. The smallest absolute Gasteiger partial charge is 0.277 e. The highest BCUT2D eigenvalue weighted by molar-refractivity contribution is 7.13. The van der Waals surface area contributed by atoms with Gasteiger partial charge in [0.2, 0.25) is 11.8 Å². The first-order chi connectivity index (χ1) is 8.72. The lowest BCUT2D eigenvalue weighted by Gasteiger charge is -1.97. The van der Waals surface area contributed by atoms with E-state index in [1.54, 1.807) is 17.4 Å². The molecule has 90 valence electrons. The third kappa shape index (κ3) is 1.95. The maximum atomic E-state index is 5.59. The van der Waals surface area contributed by atoms with Crippen molar-refractivity contribution in [2.75, 3.05) is 5.73 Å². The Morgan fingerprint density at radius 2 is 2.17 bits per heavy atom. The molecule has 2 N–H and O–H groups in total. The predicted octanol–water partition coefficient (Wildman–Crippen LogP) is 2.15. The fourth-order valence-electron chi connectivity index (χ4n) is 1.53. The van der Waals surface area contributed by atoms with E-state index in [0.29, 0.717) is 17.4 Å². The van der Waals surface area contributed by atoms with E-state index in [1.807, 2.05) is 24.4 Å². The second kappa shape index (κ2) is 4.19. The zero-order chi connectivity index (χ0) is 12.5. The molecule has 0 atom stereocenters. The highest BCUT2D eigenvalue weighted by atomic mass is 32.1. The van der Waals surface area contributed by atoms with Crippen molar-refractivity contribution in [3.8, 4) is 22.3 Å². The van der Waals surface area contributed by atoms with Crippen molar-refractivity contribution >= 4 is 17.3 Å². The maximum Gasteiger partial charge on any atom is 0.277 e. The molecule has 0 bridgehead atoms. The van der Waals surface area contributed by atoms with E-state index in [0.717, 1.165) is 10.6 Å². The molecule has 0 spiro atoms. The lowest BCUT2D eigenvalue weighted by molar-refractivity contribution is 0.431. The minimum Gasteiger partial charge on any atom is -0.368 e. The van der Waals surface area contributed by atoms with E-state index < -0.39 is 0 Å². The van der Waals surface area contributed by atoms with Crippen LogP contribution in [0.2, 0.25) is 0 Å². The SMILES string of the molecule is Cc1cc(-c2nc(-c3cccs3)no2)nc(N)n1. The van der Waals surface area contributed by atoms with Crippen LogP contribution in [0, 0.1) is 6.92 Å². The van der Waals surface area contributed by atoms with Crippen molar-refractivity contribution in [2.45, 2.75) is 6.92 Å². The summed E-state index contributed by atoms with van der Waals surface area (Å²) in [6.45, 7) is 1.83.